The molecule has 0 saturated heterocycles. The lowest BCUT2D eigenvalue weighted by Gasteiger charge is -2.15. The van der Waals surface area contributed by atoms with E-state index >= 15 is 0 Å². The molecule has 0 radical (unpaired) electrons. The van der Waals surface area contributed by atoms with Crippen molar-refractivity contribution in [3.63, 3.8) is 0 Å². The lowest BCUT2D eigenvalue weighted by atomic mass is 10.1. The molecular weight excluding hydrogens is 510 g/mol. The number of sulfonamides is 1. The van der Waals surface area contributed by atoms with Gasteiger partial charge in [-0.15, -0.1) is 0 Å². The topological polar surface area (TPSA) is 75.3 Å². The van der Waals surface area contributed by atoms with Gasteiger partial charge in [-0.3, -0.25) is 9.52 Å². The Balaban J connectivity index is 1.83. The van der Waals surface area contributed by atoms with Gasteiger partial charge in [0.1, 0.15) is 0 Å². The maximum absolute atomic E-state index is 13.0. The number of anilines is 2. The zero-order chi connectivity index (χ0) is 25.3. The molecule has 0 spiro atoms. The van der Waals surface area contributed by atoms with Crippen LogP contribution in [0.3, 0.4) is 0 Å². The third-order valence-electron chi connectivity index (χ3n) is 4.37. The minimum atomic E-state index is -5.13. The van der Waals surface area contributed by atoms with Gasteiger partial charge in [0.2, 0.25) is 0 Å². The largest absolute Gasteiger partial charge is 0.416 e. The SMILES string of the molecule is O=C(Nc1ccc(S(=O)(=O)Nc2cc(C(F)(F)F)cc(C(F)(F)F)c2)cc1)c1ccc(Cl)cc1. The summed E-state index contributed by atoms with van der Waals surface area (Å²) in [5, 5.41) is 2.93. The van der Waals surface area contributed by atoms with Crippen molar-refractivity contribution in [2.75, 3.05) is 10.0 Å². The molecule has 1 amide bonds. The number of halogens is 7. The maximum Gasteiger partial charge on any atom is 0.416 e. The van der Waals surface area contributed by atoms with Crippen LogP contribution in [0.5, 0.6) is 0 Å². The van der Waals surface area contributed by atoms with Crippen LogP contribution in [-0.4, -0.2) is 14.3 Å². The number of hydrogen-bond acceptors (Lipinski definition) is 3. The predicted octanol–water partition coefficient (Wildman–Crippen LogP) is 6.43. The number of carbonyl (C=O) groups is 1. The molecule has 0 aliphatic heterocycles. The monoisotopic (exact) mass is 522 g/mol. The Bertz CT molecular complexity index is 1270. The summed E-state index contributed by atoms with van der Waals surface area (Å²) in [6.07, 6.45) is -10.3. The summed E-state index contributed by atoms with van der Waals surface area (Å²) in [5.74, 6) is -0.519. The van der Waals surface area contributed by atoms with Gasteiger partial charge in [0.15, 0.2) is 0 Å². The summed E-state index contributed by atoms with van der Waals surface area (Å²) in [7, 11) is -4.55. The molecular formula is C21H13ClF6N2O3S. The molecule has 0 aromatic heterocycles. The number of rotatable bonds is 5. The van der Waals surface area contributed by atoms with Crippen LogP contribution in [0.15, 0.2) is 71.6 Å². The Morgan fingerprint density at radius 1 is 0.735 bits per heavy atom. The van der Waals surface area contributed by atoms with Gasteiger partial charge in [-0.05, 0) is 66.7 Å². The highest BCUT2D eigenvalue weighted by atomic mass is 35.5. The van der Waals surface area contributed by atoms with Crippen molar-refractivity contribution in [1.82, 2.24) is 0 Å². The molecule has 0 atom stereocenters. The standard InChI is InChI=1S/C21H13ClF6N2O3S/c22-15-3-1-12(2-4-15)19(31)29-16-5-7-18(8-6-16)34(32,33)30-17-10-13(20(23,24)25)9-14(11-17)21(26,27)28/h1-11,30H,(H,29,31). The first kappa shape index (κ1) is 25.4. The van der Waals surface area contributed by atoms with Gasteiger partial charge < -0.3 is 5.32 Å². The van der Waals surface area contributed by atoms with Gasteiger partial charge in [0.25, 0.3) is 15.9 Å². The van der Waals surface area contributed by atoms with Gasteiger partial charge >= 0.3 is 12.4 Å². The van der Waals surface area contributed by atoms with E-state index in [4.69, 9.17) is 11.6 Å². The normalized spacial score (nSPS) is 12.3. The van der Waals surface area contributed by atoms with Crippen molar-refractivity contribution in [3.8, 4) is 0 Å². The third kappa shape index (κ3) is 6.20. The van der Waals surface area contributed by atoms with E-state index in [9.17, 15) is 39.6 Å². The van der Waals surface area contributed by atoms with Crippen molar-refractivity contribution >= 4 is 38.9 Å². The molecule has 3 rings (SSSR count). The Morgan fingerprint density at radius 2 is 1.24 bits per heavy atom. The zero-order valence-electron chi connectivity index (χ0n) is 16.6. The molecule has 0 fully saturated rings. The van der Waals surface area contributed by atoms with E-state index < -0.39 is 50.0 Å². The molecule has 0 aliphatic carbocycles. The molecule has 2 N–H and O–H groups in total. The van der Waals surface area contributed by atoms with Gasteiger partial charge in [0.05, 0.1) is 21.7 Å². The quantitative estimate of drug-likeness (QED) is 0.379. The van der Waals surface area contributed by atoms with Crippen molar-refractivity contribution < 1.29 is 39.6 Å². The maximum atomic E-state index is 13.0. The number of benzene rings is 3. The predicted molar refractivity (Wildman–Crippen MR) is 113 cm³/mol. The number of alkyl halides is 6. The lowest BCUT2D eigenvalue weighted by Crippen LogP contribution is -2.16. The number of hydrogen-bond donors (Lipinski definition) is 2. The molecule has 180 valence electrons. The van der Waals surface area contributed by atoms with Crippen LogP contribution in [0, 0.1) is 0 Å². The van der Waals surface area contributed by atoms with Crippen LogP contribution in [0.1, 0.15) is 21.5 Å². The van der Waals surface area contributed by atoms with Crippen molar-refractivity contribution in [1.29, 1.82) is 0 Å². The van der Waals surface area contributed by atoms with Crippen molar-refractivity contribution in [2.45, 2.75) is 17.2 Å². The Hall–Kier alpha value is -3.25. The second-order valence-electron chi connectivity index (χ2n) is 6.89. The lowest BCUT2D eigenvalue weighted by molar-refractivity contribution is -0.143. The molecule has 0 unspecified atom stereocenters. The smallest absolute Gasteiger partial charge is 0.322 e. The Morgan fingerprint density at radius 3 is 1.71 bits per heavy atom. The van der Waals surface area contributed by atoms with Gasteiger partial charge in [-0.2, -0.15) is 26.3 Å². The second kappa shape index (κ2) is 9.18. The molecule has 3 aromatic rings. The Labute approximate surface area is 194 Å². The summed E-state index contributed by atoms with van der Waals surface area (Å²) in [6, 6.07) is 10.8. The van der Waals surface area contributed by atoms with E-state index in [1.165, 1.54) is 36.4 Å². The van der Waals surface area contributed by atoms with Crippen molar-refractivity contribution in [3.05, 3.63) is 88.4 Å². The zero-order valence-corrected chi connectivity index (χ0v) is 18.2. The summed E-state index contributed by atoms with van der Waals surface area (Å²) in [5.41, 5.74) is -3.78. The van der Waals surface area contributed by atoms with Crippen LogP contribution >= 0.6 is 11.6 Å². The fraction of sp³-hybridized carbons (Fsp3) is 0.0952. The van der Waals surface area contributed by atoms with Gasteiger partial charge in [-0.25, -0.2) is 8.42 Å². The van der Waals surface area contributed by atoms with E-state index in [1.54, 1.807) is 4.72 Å². The summed E-state index contributed by atoms with van der Waals surface area (Å²) in [4.78, 5) is 11.8. The van der Waals surface area contributed by atoms with E-state index in [1.807, 2.05) is 0 Å². The molecule has 0 aliphatic rings. The molecule has 13 heteroatoms. The number of carbonyl (C=O) groups excluding carboxylic acids is 1. The van der Waals surface area contributed by atoms with E-state index in [0.717, 1.165) is 12.1 Å². The molecule has 0 bridgehead atoms. The first-order valence-corrected chi connectivity index (χ1v) is 11.0. The van der Waals surface area contributed by atoms with E-state index in [2.05, 4.69) is 5.32 Å². The van der Waals surface area contributed by atoms with Crippen LogP contribution in [0.25, 0.3) is 0 Å². The van der Waals surface area contributed by atoms with Crippen LogP contribution < -0.4 is 10.0 Å². The molecule has 5 nitrogen and oxygen atoms in total. The minimum Gasteiger partial charge on any atom is -0.322 e. The Kier molecular flexibility index (Phi) is 6.85. The fourth-order valence-corrected chi connectivity index (χ4v) is 3.92. The summed E-state index contributed by atoms with van der Waals surface area (Å²) >= 11 is 5.75. The molecule has 3 aromatic carbocycles. The summed E-state index contributed by atoms with van der Waals surface area (Å²) in [6.45, 7) is 0. The van der Waals surface area contributed by atoms with Gasteiger partial charge in [0, 0.05) is 16.3 Å². The highest BCUT2D eigenvalue weighted by molar-refractivity contribution is 7.92. The highest BCUT2D eigenvalue weighted by Gasteiger charge is 2.37. The number of amides is 1. The van der Waals surface area contributed by atoms with Crippen LogP contribution in [-0.2, 0) is 22.4 Å². The van der Waals surface area contributed by atoms with Crippen LogP contribution in [0.4, 0.5) is 37.7 Å². The van der Waals surface area contributed by atoms with E-state index in [0.29, 0.717) is 5.02 Å². The van der Waals surface area contributed by atoms with Crippen LogP contribution in [0.2, 0.25) is 5.02 Å². The average molecular weight is 523 g/mol. The highest BCUT2D eigenvalue weighted by Crippen LogP contribution is 2.38. The minimum absolute atomic E-state index is 0.115. The molecule has 0 saturated carbocycles. The third-order valence-corrected chi connectivity index (χ3v) is 6.02. The molecule has 0 heterocycles. The fourth-order valence-electron chi connectivity index (χ4n) is 2.75. The molecule has 34 heavy (non-hydrogen) atoms. The van der Waals surface area contributed by atoms with Gasteiger partial charge in [-0.1, -0.05) is 11.6 Å². The average Bonchev–Trinajstić information content (AvgIpc) is 2.73. The number of nitrogens with one attached hydrogen (secondary N) is 2. The van der Waals surface area contributed by atoms with E-state index in [-0.39, 0.29) is 29.4 Å². The first-order valence-electron chi connectivity index (χ1n) is 9.14. The first-order chi connectivity index (χ1) is 15.6. The van der Waals surface area contributed by atoms with Crippen molar-refractivity contribution in [2.24, 2.45) is 0 Å². The summed E-state index contributed by atoms with van der Waals surface area (Å²) < 4.78 is 105. The second-order valence-corrected chi connectivity index (χ2v) is 9.00.